The molecule has 0 N–H and O–H groups in total. The van der Waals surface area contributed by atoms with Gasteiger partial charge < -0.3 is 14.4 Å². The number of rotatable bonds is 3. The summed E-state index contributed by atoms with van der Waals surface area (Å²) in [7, 11) is 2.12. The highest BCUT2D eigenvalue weighted by Crippen LogP contribution is 2.22. The number of benzene rings is 1. The molecule has 0 amide bonds. The van der Waals surface area contributed by atoms with Crippen LogP contribution in [-0.4, -0.2) is 44.4 Å². The summed E-state index contributed by atoms with van der Waals surface area (Å²) in [5.74, 6) is 1.00. The topological polar surface area (TPSA) is 21.7 Å². The third-order valence-electron chi connectivity index (χ3n) is 3.16. The molecule has 1 atom stereocenters. The van der Waals surface area contributed by atoms with Gasteiger partial charge in [0.05, 0.1) is 6.61 Å². The second kappa shape index (κ2) is 5.52. The molecule has 0 aromatic heterocycles. The van der Waals surface area contributed by atoms with Crippen molar-refractivity contribution in [3.05, 3.63) is 29.3 Å². The molecule has 94 valence electrons. The third-order valence-corrected chi connectivity index (χ3v) is 3.16. The Morgan fingerprint density at radius 3 is 2.71 bits per heavy atom. The van der Waals surface area contributed by atoms with Gasteiger partial charge in [-0.3, -0.25) is 0 Å². The molecule has 0 radical (unpaired) electrons. The lowest BCUT2D eigenvalue weighted by molar-refractivity contribution is -0.0405. The second-order valence-electron chi connectivity index (χ2n) is 4.79. The normalized spacial score (nSPS) is 21.5. The Hall–Kier alpha value is -1.06. The first-order valence-corrected chi connectivity index (χ1v) is 6.16. The Morgan fingerprint density at radius 2 is 2.06 bits per heavy atom. The zero-order chi connectivity index (χ0) is 12.3. The molecule has 1 aliphatic rings. The summed E-state index contributed by atoms with van der Waals surface area (Å²) in [6, 6.07) is 6.22. The number of likely N-dealkylation sites (N-methyl/N-ethyl adjacent to an activating group) is 1. The summed E-state index contributed by atoms with van der Waals surface area (Å²) in [6.07, 6.45) is 0.188. The van der Waals surface area contributed by atoms with E-state index in [1.54, 1.807) is 0 Å². The minimum absolute atomic E-state index is 0.188. The van der Waals surface area contributed by atoms with Crippen molar-refractivity contribution in [1.29, 1.82) is 0 Å². The lowest BCUT2D eigenvalue weighted by Crippen LogP contribution is -2.42. The van der Waals surface area contributed by atoms with Crippen molar-refractivity contribution in [2.45, 2.75) is 20.0 Å². The van der Waals surface area contributed by atoms with E-state index < -0.39 is 0 Å². The molecule has 1 unspecified atom stereocenters. The van der Waals surface area contributed by atoms with Crippen LogP contribution in [0.15, 0.2) is 18.2 Å². The van der Waals surface area contributed by atoms with Gasteiger partial charge in [-0.15, -0.1) is 0 Å². The van der Waals surface area contributed by atoms with Crippen LogP contribution in [-0.2, 0) is 4.74 Å². The van der Waals surface area contributed by atoms with Crippen LogP contribution in [0.4, 0.5) is 0 Å². The van der Waals surface area contributed by atoms with Crippen LogP contribution < -0.4 is 4.74 Å². The molecule has 0 bridgehead atoms. The molecule has 17 heavy (non-hydrogen) atoms. The number of para-hydroxylation sites is 1. The molecule has 3 heteroatoms. The van der Waals surface area contributed by atoms with Crippen molar-refractivity contribution in [3.63, 3.8) is 0 Å². The number of nitrogens with zero attached hydrogens (tertiary/aromatic N) is 1. The Labute approximate surface area is 103 Å². The smallest absolute Gasteiger partial charge is 0.125 e. The largest absolute Gasteiger partial charge is 0.490 e. The van der Waals surface area contributed by atoms with Crippen LogP contribution in [0, 0.1) is 13.8 Å². The Morgan fingerprint density at radius 1 is 1.35 bits per heavy atom. The zero-order valence-corrected chi connectivity index (χ0v) is 10.9. The molecular formula is C14H21NO2. The second-order valence-corrected chi connectivity index (χ2v) is 4.79. The predicted octanol–water partition coefficient (Wildman–Crippen LogP) is 2.01. The van der Waals surface area contributed by atoms with E-state index >= 15 is 0 Å². The summed E-state index contributed by atoms with van der Waals surface area (Å²) in [5.41, 5.74) is 2.38. The molecule has 1 aliphatic heterocycles. The monoisotopic (exact) mass is 235 g/mol. The fourth-order valence-electron chi connectivity index (χ4n) is 2.17. The summed E-state index contributed by atoms with van der Waals surface area (Å²) in [5, 5.41) is 0. The Bertz CT molecular complexity index is 358. The van der Waals surface area contributed by atoms with Gasteiger partial charge in [0, 0.05) is 13.1 Å². The van der Waals surface area contributed by atoms with Crippen LogP contribution in [0.2, 0.25) is 0 Å². The average Bonchev–Trinajstić information content (AvgIpc) is 2.28. The van der Waals surface area contributed by atoms with Gasteiger partial charge in [0.25, 0.3) is 0 Å². The summed E-state index contributed by atoms with van der Waals surface area (Å²) in [6.45, 7) is 7.56. The summed E-state index contributed by atoms with van der Waals surface area (Å²) in [4.78, 5) is 2.28. The first-order valence-electron chi connectivity index (χ1n) is 6.16. The first-order chi connectivity index (χ1) is 8.16. The minimum atomic E-state index is 0.188. The van der Waals surface area contributed by atoms with E-state index in [1.807, 2.05) is 0 Å². The van der Waals surface area contributed by atoms with Gasteiger partial charge >= 0.3 is 0 Å². The van der Waals surface area contributed by atoms with E-state index in [2.05, 4.69) is 44.0 Å². The van der Waals surface area contributed by atoms with Gasteiger partial charge in [0.1, 0.15) is 18.5 Å². The van der Waals surface area contributed by atoms with E-state index in [-0.39, 0.29) is 6.10 Å². The third kappa shape index (κ3) is 3.20. The molecule has 1 heterocycles. The van der Waals surface area contributed by atoms with Gasteiger partial charge in [-0.25, -0.2) is 0 Å². The summed E-state index contributed by atoms with van der Waals surface area (Å²) >= 11 is 0. The number of hydrogen-bond acceptors (Lipinski definition) is 3. The quantitative estimate of drug-likeness (QED) is 0.800. The van der Waals surface area contributed by atoms with E-state index in [9.17, 15) is 0 Å². The van der Waals surface area contributed by atoms with E-state index in [1.165, 1.54) is 11.1 Å². The van der Waals surface area contributed by atoms with Gasteiger partial charge in [-0.1, -0.05) is 18.2 Å². The Balaban J connectivity index is 1.93. The molecule has 3 nitrogen and oxygen atoms in total. The van der Waals surface area contributed by atoms with Crippen LogP contribution in [0.5, 0.6) is 5.75 Å². The first kappa shape index (κ1) is 12.4. The molecule has 0 spiro atoms. The highest BCUT2D eigenvalue weighted by atomic mass is 16.5. The van der Waals surface area contributed by atoms with Crippen molar-refractivity contribution in [2.75, 3.05) is 33.4 Å². The van der Waals surface area contributed by atoms with Crippen molar-refractivity contribution >= 4 is 0 Å². The fourth-order valence-corrected chi connectivity index (χ4v) is 2.17. The van der Waals surface area contributed by atoms with Crippen molar-refractivity contribution in [2.24, 2.45) is 0 Å². The Kier molecular flexibility index (Phi) is 4.02. The van der Waals surface area contributed by atoms with Crippen molar-refractivity contribution in [1.82, 2.24) is 4.90 Å². The standard InChI is InChI=1S/C14H21NO2/c1-11-5-4-6-12(2)14(11)17-10-13-9-15(3)7-8-16-13/h4-6,13H,7-10H2,1-3H3. The molecule has 0 saturated carbocycles. The van der Waals surface area contributed by atoms with Gasteiger partial charge in [-0.05, 0) is 32.0 Å². The van der Waals surface area contributed by atoms with Crippen LogP contribution in [0.3, 0.4) is 0 Å². The number of ether oxygens (including phenoxy) is 2. The van der Waals surface area contributed by atoms with Gasteiger partial charge in [0.15, 0.2) is 0 Å². The van der Waals surface area contributed by atoms with Crippen LogP contribution in [0.1, 0.15) is 11.1 Å². The number of aryl methyl sites for hydroxylation is 2. The molecule has 0 aliphatic carbocycles. The van der Waals surface area contributed by atoms with Gasteiger partial charge in [0.2, 0.25) is 0 Å². The highest BCUT2D eigenvalue weighted by Gasteiger charge is 2.18. The highest BCUT2D eigenvalue weighted by molar-refractivity contribution is 5.39. The van der Waals surface area contributed by atoms with Crippen LogP contribution >= 0.6 is 0 Å². The minimum Gasteiger partial charge on any atom is -0.490 e. The maximum Gasteiger partial charge on any atom is 0.125 e. The molecule has 2 rings (SSSR count). The lowest BCUT2D eigenvalue weighted by atomic mass is 10.1. The molecule has 1 fully saturated rings. The summed E-state index contributed by atoms with van der Waals surface area (Å²) < 4.78 is 11.6. The lowest BCUT2D eigenvalue weighted by Gasteiger charge is -2.30. The van der Waals surface area contributed by atoms with Gasteiger partial charge in [-0.2, -0.15) is 0 Å². The van der Waals surface area contributed by atoms with Crippen molar-refractivity contribution < 1.29 is 9.47 Å². The average molecular weight is 235 g/mol. The molecular weight excluding hydrogens is 214 g/mol. The maximum atomic E-state index is 5.90. The number of morpholine rings is 1. The van der Waals surface area contributed by atoms with Crippen LogP contribution in [0.25, 0.3) is 0 Å². The maximum absolute atomic E-state index is 5.90. The molecule has 1 aromatic rings. The molecule has 1 aromatic carbocycles. The van der Waals surface area contributed by atoms with Crippen molar-refractivity contribution in [3.8, 4) is 5.75 Å². The molecule has 1 saturated heterocycles. The zero-order valence-electron chi connectivity index (χ0n) is 10.9. The fraction of sp³-hybridized carbons (Fsp3) is 0.571. The van der Waals surface area contributed by atoms with E-state index in [0.29, 0.717) is 6.61 Å². The SMILES string of the molecule is Cc1cccc(C)c1OCC1CN(C)CCO1. The predicted molar refractivity (Wildman–Crippen MR) is 68.6 cm³/mol. The number of hydrogen-bond donors (Lipinski definition) is 0. The van der Waals surface area contributed by atoms with E-state index in [4.69, 9.17) is 9.47 Å². The van der Waals surface area contributed by atoms with E-state index in [0.717, 1.165) is 25.4 Å².